The van der Waals surface area contributed by atoms with E-state index >= 15 is 0 Å². The Balaban J connectivity index is 1.78. The molecular formula is C18H15NO3S. The Hall–Kier alpha value is -2.53. The number of imide groups is 1. The number of carbonyl (C=O) groups excluding carboxylic acids is 2. The highest BCUT2D eigenvalue weighted by molar-refractivity contribution is 8.18. The molecule has 2 aromatic rings. The molecule has 0 spiro atoms. The summed E-state index contributed by atoms with van der Waals surface area (Å²) in [5.74, 6) is 0.499. The first kappa shape index (κ1) is 15.4. The zero-order chi connectivity index (χ0) is 16.2. The van der Waals surface area contributed by atoms with Crippen molar-refractivity contribution in [2.75, 3.05) is 7.11 Å². The second-order valence-corrected chi connectivity index (χ2v) is 6.02. The normalized spacial score (nSPS) is 16.2. The summed E-state index contributed by atoms with van der Waals surface area (Å²) in [5.41, 5.74) is 1.79. The molecule has 1 fully saturated rings. The number of carbonyl (C=O) groups is 2. The van der Waals surface area contributed by atoms with E-state index in [-0.39, 0.29) is 11.1 Å². The van der Waals surface area contributed by atoms with Gasteiger partial charge in [-0.1, -0.05) is 42.5 Å². The maximum absolute atomic E-state index is 12.4. The Kier molecular flexibility index (Phi) is 4.48. The number of benzene rings is 2. The van der Waals surface area contributed by atoms with Crippen molar-refractivity contribution in [3.63, 3.8) is 0 Å². The van der Waals surface area contributed by atoms with E-state index in [0.29, 0.717) is 11.4 Å². The predicted molar refractivity (Wildman–Crippen MR) is 91.0 cm³/mol. The van der Waals surface area contributed by atoms with Crippen LogP contribution in [0.25, 0.3) is 6.08 Å². The number of hydrogen-bond acceptors (Lipinski definition) is 4. The van der Waals surface area contributed by atoms with Gasteiger partial charge < -0.3 is 4.74 Å². The first-order chi connectivity index (χ1) is 11.2. The maximum atomic E-state index is 12.4. The molecular weight excluding hydrogens is 310 g/mol. The van der Waals surface area contributed by atoms with Gasteiger partial charge in [-0.15, -0.1) is 0 Å². The first-order valence-electron chi connectivity index (χ1n) is 7.11. The molecule has 4 nitrogen and oxygen atoms in total. The minimum atomic E-state index is -0.250. The van der Waals surface area contributed by atoms with Crippen LogP contribution in [0.3, 0.4) is 0 Å². The summed E-state index contributed by atoms with van der Waals surface area (Å²) >= 11 is 0.973. The minimum absolute atomic E-state index is 0.237. The molecule has 1 heterocycles. The lowest BCUT2D eigenvalue weighted by Crippen LogP contribution is -2.27. The lowest BCUT2D eigenvalue weighted by atomic mass is 10.2. The average molecular weight is 325 g/mol. The highest BCUT2D eigenvalue weighted by Crippen LogP contribution is 2.33. The van der Waals surface area contributed by atoms with Crippen molar-refractivity contribution in [2.24, 2.45) is 0 Å². The van der Waals surface area contributed by atoms with Crippen molar-refractivity contribution >= 4 is 29.0 Å². The van der Waals surface area contributed by atoms with Gasteiger partial charge in [-0.2, -0.15) is 0 Å². The molecule has 23 heavy (non-hydrogen) atoms. The molecule has 2 aromatic carbocycles. The summed E-state index contributed by atoms with van der Waals surface area (Å²) in [5, 5.41) is -0.237. The van der Waals surface area contributed by atoms with E-state index in [1.807, 2.05) is 54.6 Å². The van der Waals surface area contributed by atoms with E-state index in [0.717, 1.165) is 28.6 Å². The van der Waals surface area contributed by atoms with Crippen molar-refractivity contribution in [2.45, 2.75) is 6.54 Å². The highest BCUT2D eigenvalue weighted by atomic mass is 32.2. The third-order valence-corrected chi connectivity index (χ3v) is 4.38. The predicted octanol–water partition coefficient (Wildman–Crippen LogP) is 3.93. The SMILES string of the molecule is COc1ccc(/C=C2\SC(=O)N(Cc3ccccc3)C2=O)cc1. The van der Waals surface area contributed by atoms with Crippen molar-refractivity contribution in [1.29, 1.82) is 0 Å². The molecule has 2 amide bonds. The van der Waals surface area contributed by atoms with Crippen LogP contribution in [0.2, 0.25) is 0 Å². The van der Waals surface area contributed by atoms with Gasteiger partial charge in [0.1, 0.15) is 5.75 Å². The van der Waals surface area contributed by atoms with Crippen LogP contribution in [0.5, 0.6) is 5.75 Å². The third-order valence-electron chi connectivity index (χ3n) is 3.47. The van der Waals surface area contributed by atoms with Gasteiger partial charge in [0.05, 0.1) is 18.6 Å². The summed E-state index contributed by atoms with van der Waals surface area (Å²) in [4.78, 5) is 26.3. The molecule has 0 atom stereocenters. The number of hydrogen-bond donors (Lipinski definition) is 0. The quantitative estimate of drug-likeness (QED) is 0.799. The Morgan fingerprint density at radius 3 is 2.39 bits per heavy atom. The lowest BCUT2D eigenvalue weighted by molar-refractivity contribution is -0.123. The highest BCUT2D eigenvalue weighted by Gasteiger charge is 2.34. The largest absolute Gasteiger partial charge is 0.497 e. The molecule has 116 valence electrons. The molecule has 0 N–H and O–H groups in total. The van der Waals surface area contributed by atoms with Gasteiger partial charge in [-0.3, -0.25) is 14.5 Å². The molecule has 0 radical (unpaired) electrons. The summed E-state index contributed by atoms with van der Waals surface area (Å²) in [6.45, 7) is 0.297. The van der Waals surface area contributed by atoms with Crippen LogP contribution in [-0.2, 0) is 11.3 Å². The summed E-state index contributed by atoms with van der Waals surface area (Å²) in [7, 11) is 1.60. The van der Waals surface area contributed by atoms with E-state index in [2.05, 4.69) is 0 Å². The lowest BCUT2D eigenvalue weighted by Gasteiger charge is -2.12. The second kappa shape index (κ2) is 6.71. The number of ether oxygens (including phenoxy) is 1. The summed E-state index contributed by atoms with van der Waals surface area (Å²) in [6, 6.07) is 16.8. The fourth-order valence-electron chi connectivity index (χ4n) is 2.25. The van der Waals surface area contributed by atoms with Crippen molar-refractivity contribution < 1.29 is 14.3 Å². The zero-order valence-electron chi connectivity index (χ0n) is 12.6. The van der Waals surface area contributed by atoms with Gasteiger partial charge in [0.25, 0.3) is 11.1 Å². The smallest absolute Gasteiger partial charge is 0.293 e. The Labute approximate surface area is 138 Å². The van der Waals surface area contributed by atoms with E-state index in [1.54, 1.807) is 13.2 Å². The Morgan fingerprint density at radius 2 is 1.74 bits per heavy atom. The number of nitrogens with zero attached hydrogens (tertiary/aromatic N) is 1. The average Bonchev–Trinajstić information content (AvgIpc) is 2.84. The van der Waals surface area contributed by atoms with Crippen LogP contribution in [0, 0.1) is 0 Å². The van der Waals surface area contributed by atoms with Gasteiger partial charge in [-0.25, -0.2) is 0 Å². The Bertz CT molecular complexity index is 754. The summed E-state index contributed by atoms with van der Waals surface area (Å²) < 4.78 is 5.11. The van der Waals surface area contributed by atoms with Crippen LogP contribution in [0.15, 0.2) is 59.5 Å². The minimum Gasteiger partial charge on any atom is -0.497 e. The second-order valence-electron chi connectivity index (χ2n) is 5.03. The molecule has 0 aromatic heterocycles. The number of rotatable bonds is 4. The fourth-order valence-corrected chi connectivity index (χ4v) is 3.09. The van der Waals surface area contributed by atoms with Gasteiger partial charge in [-0.05, 0) is 41.1 Å². The van der Waals surface area contributed by atoms with Crippen molar-refractivity contribution in [3.8, 4) is 5.75 Å². The molecule has 1 aliphatic heterocycles. The standard InChI is InChI=1S/C18H15NO3S/c1-22-15-9-7-13(8-10-15)11-16-17(20)19(18(21)23-16)12-14-5-3-2-4-6-14/h2-11H,12H2,1H3/b16-11-. The van der Waals surface area contributed by atoms with E-state index in [4.69, 9.17) is 4.74 Å². The fraction of sp³-hybridized carbons (Fsp3) is 0.111. The zero-order valence-corrected chi connectivity index (χ0v) is 13.4. The van der Waals surface area contributed by atoms with Gasteiger partial charge >= 0.3 is 0 Å². The summed E-state index contributed by atoms with van der Waals surface area (Å²) in [6.07, 6.45) is 1.73. The third kappa shape index (κ3) is 3.46. The molecule has 3 rings (SSSR count). The van der Waals surface area contributed by atoms with Gasteiger partial charge in [0, 0.05) is 0 Å². The van der Waals surface area contributed by atoms with E-state index in [9.17, 15) is 9.59 Å². The Morgan fingerprint density at radius 1 is 1.04 bits per heavy atom. The van der Waals surface area contributed by atoms with Crippen LogP contribution >= 0.6 is 11.8 Å². The topological polar surface area (TPSA) is 46.6 Å². The molecule has 1 saturated heterocycles. The first-order valence-corrected chi connectivity index (χ1v) is 7.92. The van der Waals surface area contributed by atoms with Crippen LogP contribution in [-0.4, -0.2) is 23.2 Å². The van der Waals surface area contributed by atoms with Crippen LogP contribution < -0.4 is 4.74 Å². The maximum Gasteiger partial charge on any atom is 0.293 e. The molecule has 0 saturated carbocycles. The van der Waals surface area contributed by atoms with Crippen molar-refractivity contribution in [1.82, 2.24) is 4.90 Å². The molecule has 1 aliphatic rings. The molecule has 0 bridgehead atoms. The number of methoxy groups -OCH3 is 1. The van der Waals surface area contributed by atoms with Crippen molar-refractivity contribution in [3.05, 3.63) is 70.6 Å². The molecule has 5 heteroatoms. The van der Waals surface area contributed by atoms with E-state index < -0.39 is 0 Å². The van der Waals surface area contributed by atoms with E-state index in [1.165, 1.54) is 4.90 Å². The molecule has 0 aliphatic carbocycles. The number of thioether (sulfide) groups is 1. The van der Waals surface area contributed by atoms with Gasteiger partial charge in [0.2, 0.25) is 0 Å². The molecule has 0 unspecified atom stereocenters. The van der Waals surface area contributed by atoms with Crippen LogP contribution in [0.1, 0.15) is 11.1 Å². The van der Waals surface area contributed by atoms with Crippen LogP contribution in [0.4, 0.5) is 4.79 Å². The monoisotopic (exact) mass is 325 g/mol. The van der Waals surface area contributed by atoms with Gasteiger partial charge in [0.15, 0.2) is 0 Å². The number of amides is 2.